The van der Waals surface area contributed by atoms with Crippen molar-refractivity contribution >= 4 is 22.8 Å². The summed E-state index contributed by atoms with van der Waals surface area (Å²) < 4.78 is 22.4. The van der Waals surface area contributed by atoms with E-state index in [4.69, 9.17) is 10.5 Å². The number of halogens is 1. The summed E-state index contributed by atoms with van der Waals surface area (Å²) in [5.74, 6) is 0.414. The van der Waals surface area contributed by atoms with Crippen LogP contribution in [0.5, 0.6) is 11.5 Å². The highest BCUT2D eigenvalue weighted by Crippen LogP contribution is 2.34. The Kier molecular flexibility index (Phi) is 6.28. The first-order chi connectivity index (χ1) is 17.5. The molecular weight excluding hydrogens is 461 g/mol. The normalized spacial score (nSPS) is 13.4. The number of para-hydroxylation sites is 1. The van der Waals surface area contributed by atoms with E-state index in [0.717, 1.165) is 12.8 Å². The lowest BCUT2D eigenvalue weighted by Gasteiger charge is -2.07. The van der Waals surface area contributed by atoms with Gasteiger partial charge in [0.2, 0.25) is 0 Å². The van der Waals surface area contributed by atoms with E-state index in [-0.39, 0.29) is 35.7 Å². The van der Waals surface area contributed by atoms with E-state index in [2.05, 4.69) is 20.4 Å². The molecule has 2 heterocycles. The fraction of sp³-hybridized carbons (Fsp3) is 0.192. The first-order valence-electron chi connectivity index (χ1n) is 11.4. The van der Waals surface area contributed by atoms with Crippen molar-refractivity contribution in [2.75, 3.05) is 12.3 Å². The van der Waals surface area contributed by atoms with Gasteiger partial charge in [0.05, 0.1) is 11.9 Å². The van der Waals surface area contributed by atoms with Gasteiger partial charge in [-0.15, -0.1) is 0 Å². The number of hydrogen-bond acceptors (Lipinski definition) is 7. The third-order valence-corrected chi connectivity index (χ3v) is 5.73. The molecule has 1 aliphatic rings. The van der Waals surface area contributed by atoms with Gasteiger partial charge in [0, 0.05) is 18.2 Å². The standard InChI is InChI=1S/C26H22FN7O2/c27-21-13-19(36-18-4-2-1-3-5-18)8-9-20(21)23-22-24(29)31-15-32-25(22)34(33-23)11-10-30-26(35)17(14-28)12-16-6-7-16/h1-5,8-9,12-13,15-16H,6-7,10-11H2,(H,30,35)(H2,29,31,32). The Labute approximate surface area is 206 Å². The molecule has 0 bridgehead atoms. The van der Waals surface area contributed by atoms with Crippen LogP contribution in [0.15, 0.2) is 66.5 Å². The molecule has 0 spiro atoms. The van der Waals surface area contributed by atoms with Crippen molar-refractivity contribution in [2.45, 2.75) is 19.4 Å². The number of hydrogen-bond donors (Lipinski definition) is 2. The average molecular weight is 484 g/mol. The zero-order valence-electron chi connectivity index (χ0n) is 19.2. The zero-order chi connectivity index (χ0) is 25.1. The first kappa shape index (κ1) is 23.0. The van der Waals surface area contributed by atoms with Gasteiger partial charge in [0.15, 0.2) is 5.65 Å². The molecule has 10 heteroatoms. The number of rotatable bonds is 8. The monoisotopic (exact) mass is 483 g/mol. The van der Waals surface area contributed by atoms with Gasteiger partial charge in [-0.3, -0.25) is 4.79 Å². The molecule has 36 heavy (non-hydrogen) atoms. The quantitative estimate of drug-likeness (QED) is 0.286. The van der Waals surface area contributed by atoms with Crippen LogP contribution in [0.2, 0.25) is 0 Å². The van der Waals surface area contributed by atoms with Crippen molar-refractivity contribution < 1.29 is 13.9 Å². The second-order valence-electron chi connectivity index (χ2n) is 8.37. The van der Waals surface area contributed by atoms with Crippen molar-refractivity contribution in [1.82, 2.24) is 25.1 Å². The smallest absolute Gasteiger partial charge is 0.261 e. The summed E-state index contributed by atoms with van der Waals surface area (Å²) in [5.41, 5.74) is 7.12. The van der Waals surface area contributed by atoms with Crippen molar-refractivity contribution in [3.05, 3.63) is 72.3 Å². The molecule has 1 saturated carbocycles. The number of nitrogen functional groups attached to an aromatic ring is 1. The minimum absolute atomic E-state index is 0.106. The molecule has 1 aliphatic carbocycles. The lowest BCUT2D eigenvalue weighted by Crippen LogP contribution is -2.28. The molecule has 0 saturated heterocycles. The lowest BCUT2D eigenvalue weighted by molar-refractivity contribution is -0.117. The molecule has 180 valence electrons. The van der Waals surface area contributed by atoms with Crippen LogP contribution < -0.4 is 15.8 Å². The minimum Gasteiger partial charge on any atom is -0.457 e. The predicted octanol–water partition coefficient (Wildman–Crippen LogP) is 3.98. The Balaban J connectivity index is 1.39. The molecule has 0 atom stereocenters. The molecular formula is C26H22FN7O2. The van der Waals surface area contributed by atoms with Gasteiger partial charge < -0.3 is 15.8 Å². The third kappa shape index (κ3) is 4.86. The van der Waals surface area contributed by atoms with Gasteiger partial charge in [0.1, 0.15) is 46.8 Å². The summed E-state index contributed by atoms with van der Waals surface area (Å²) in [4.78, 5) is 20.7. The van der Waals surface area contributed by atoms with Gasteiger partial charge in [-0.2, -0.15) is 10.4 Å². The number of aromatic nitrogens is 4. The second kappa shape index (κ2) is 9.84. The van der Waals surface area contributed by atoms with Gasteiger partial charge >= 0.3 is 0 Å². The van der Waals surface area contributed by atoms with E-state index in [0.29, 0.717) is 28.5 Å². The van der Waals surface area contributed by atoms with Crippen LogP contribution in [0, 0.1) is 23.1 Å². The van der Waals surface area contributed by atoms with E-state index in [1.165, 1.54) is 17.1 Å². The molecule has 0 aliphatic heterocycles. The molecule has 3 N–H and O–H groups in total. The Bertz CT molecular complexity index is 1500. The Hall–Kier alpha value is -4.78. The Morgan fingerprint density at radius 3 is 2.75 bits per heavy atom. The SMILES string of the molecule is N#CC(=CC1CC1)C(=O)NCCn1nc(-c2ccc(Oc3ccccc3)cc2F)c2c(N)ncnc21. The fourth-order valence-electron chi connectivity index (χ4n) is 3.78. The van der Waals surface area contributed by atoms with E-state index < -0.39 is 11.7 Å². The number of carbonyl (C=O) groups excluding carboxylic acids is 1. The summed E-state index contributed by atoms with van der Waals surface area (Å²) in [7, 11) is 0. The van der Waals surface area contributed by atoms with Crippen LogP contribution in [0.3, 0.4) is 0 Å². The van der Waals surface area contributed by atoms with Crippen molar-refractivity contribution in [2.24, 2.45) is 5.92 Å². The van der Waals surface area contributed by atoms with Gasteiger partial charge in [-0.1, -0.05) is 24.3 Å². The number of ether oxygens (including phenoxy) is 1. The maximum absolute atomic E-state index is 15.2. The maximum Gasteiger partial charge on any atom is 0.261 e. The minimum atomic E-state index is -0.546. The van der Waals surface area contributed by atoms with Gasteiger partial charge in [-0.05, 0) is 43.0 Å². The molecule has 0 unspecified atom stereocenters. The molecule has 4 aromatic rings. The summed E-state index contributed by atoms with van der Waals surface area (Å²) in [5, 5.41) is 16.9. The summed E-state index contributed by atoms with van der Waals surface area (Å²) in [6, 6.07) is 15.5. The second-order valence-corrected chi connectivity index (χ2v) is 8.37. The van der Waals surface area contributed by atoms with Crippen molar-refractivity contribution in [3.8, 4) is 28.8 Å². The lowest BCUT2D eigenvalue weighted by atomic mass is 10.1. The summed E-state index contributed by atoms with van der Waals surface area (Å²) in [6.07, 6.45) is 5.01. The highest BCUT2D eigenvalue weighted by Gasteiger charge is 2.22. The predicted molar refractivity (Wildman–Crippen MR) is 131 cm³/mol. The number of amides is 1. The van der Waals surface area contributed by atoms with Crippen molar-refractivity contribution in [1.29, 1.82) is 5.26 Å². The molecule has 0 radical (unpaired) electrons. The number of nitriles is 1. The van der Waals surface area contributed by atoms with Crippen LogP contribution in [0.4, 0.5) is 10.2 Å². The van der Waals surface area contributed by atoms with E-state index in [9.17, 15) is 10.1 Å². The largest absolute Gasteiger partial charge is 0.457 e. The molecule has 5 rings (SSSR count). The first-order valence-corrected chi connectivity index (χ1v) is 11.4. The number of nitrogens with one attached hydrogen (secondary N) is 1. The van der Waals surface area contributed by atoms with Crippen LogP contribution in [-0.4, -0.2) is 32.2 Å². The number of fused-ring (bicyclic) bond motifs is 1. The number of allylic oxidation sites excluding steroid dienone is 1. The molecule has 9 nitrogen and oxygen atoms in total. The number of benzene rings is 2. The van der Waals surface area contributed by atoms with Gasteiger partial charge in [0.25, 0.3) is 5.91 Å². The maximum atomic E-state index is 15.2. The van der Waals surface area contributed by atoms with E-state index in [1.54, 1.807) is 30.3 Å². The topological polar surface area (TPSA) is 132 Å². The van der Waals surface area contributed by atoms with Crippen LogP contribution in [0.1, 0.15) is 12.8 Å². The Morgan fingerprint density at radius 2 is 2.03 bits per heavy atom. The number of nitrogens with two attached hydrogens (primary N) is 1. The van der Waals surface area contributed by atoms with E-state index in [1.807, 2.05) is 24.3 Å². The summed E-state index contributed by atoms with van der Waals surface area (Å²) in [6.45, 7) is 0.423. The summed E-state index contributed by atoms with van der Waals surface area (Å²) >= 11 is 0. The Morgan fingerprint density at radius 1 is 1.22 bits per heavy atom. The molecule has 1 amide bonds. The van der Waals surface area contributed by atoms with Crippen LogP contribution in [0.25, 0.3) is 22.3 Å². The molecule has 2 aromatic carbocycles. The van der Waals surface area contributed by atoms with Crippen LogP contribution >= 0.6 is 0 Å². The highest BCUT2D eigenvalue weighted by atomic mass is 19.1. The number of carbonyl (C=O) groups is 1. The third-order valence-electron chi connectivity index (χ3n) is 5.73. The molecule has 1 fully saturated rings. The van der Waals surface area contributed by atoms with E-state index >= 15 is 4.39 Å². The average Bonchev–Trinajstić information content (AvgIpc) is 3.63. The van der Waals surface area contributed by atoms with Gasteiger partial charge in [-0.25, -0.2) is 19.0 Å². The zero-order valence-corrected chi connectivity index (χ0v) is 19.2. The number of nitrogens with zero attached hydrogens (tertiary/aromatic N) is 5. The van der Waals surface area contributed by atoms with Crippen LogP contribution in [-0.2, 0) is 11.3 Å². The number of anilines is 1. The fourth-order valence-corrected chi connectivity index (χ4v) is 3.78. The molecule has 2 aromatic heterocycles. The highest BCUT2D eigenvalue weighted by molar-refractivity contribution is 5.98. The van der Waals surface area contributed by atoms with Crippen molar-refractivity contribution in [3.63, 3.8) is 0 Å².